The molecule has 0 N–H and O–H groups in total. The first-order valence-electron chi connectivity index (χ1n) is 8.94. The zero-order chi connectivity index (χ0) is 14.6. The highest BCUT2D eigenvalue weighted by Gasteiger charge is 1.89. The molecule has 0 aromatic heterocycles. The average molecular weight is 269 g/mol. The minimum Gasteiger partial charge on any atom is -0.103 e. The Hall–Kier alpha value is -0.260. The Morgan fingerprint density at radius 2 is 0.842 bits per heavy atom. The molecule has 0 unspecified atom stereocenters. The third kappa shape index (κ3) is 27.1. The fourth-order valence-electron chi connectivity index (χ4n) is 2.10. The van der Waals surface area contributed by atoms with E-state index in [1.165, 1.54) is 89.9 Å². The molecular weight excluding hydrogens is 228 g/mol. The van der Waals surface area contributed by atoms with Gasteiger partial charge in [-0.2, -0.15) is 0 Å². The number of unbranched alkanes of at least 4 members (excludes halogenated alkanes) is 12. The van der Waals surface area contributed by atoms with Gasteiger partial charge in [0.2, 0.25) is 0 Å². The van der Waals surface area contributed by atoms with Crippen molar-refractivity contribution in [2.24, 2.45) is 0 Å². The Balaban J connectivity index is 0. The molecule has 0 aliphatic rings. The van der Waals surface area contributed by atoms with Crippen LogP contribution in [-0.2, 0) is 0 Å². The Morgan fingerprint density at radius 3 is 1.21 bits per heavy atom. The predicted octanol–water partition coefficient (Wildman–Crippen LogP) is 7.68. The van der Waals surface area contributed by atoms with Crippen LogP contribution in [0.25, 0.3) is 0 Å². The van der Waals surface area contributed by atoms with Gasteiger partial charge in [-0.1, -0.05) is 104 Å². The summed E-state index contributed by atoms with van der Waals surface area (Å²) in [6.07, 6.45) is 21.5. The second-order valence-electron chi connectivity index (χ2n) is 5.61. The normalized spacial score (nSPS) is 9.84. The fraction of sp³-hybridized carbons (Fsp3) is 0.895. The van der Waals surface area contributed by atoms with Gasteiger partial charge in [-0.3, -0.25) is 0 Å². The van der Waals surface area contributed by atoms with E-state index in [0.717, 1.165) is 0 Å². The predicted molar refractivity (Wildman–Crippen MR) is 91.9 cm³/mol. The third-order valence-electron chi connectivity index (χ3n) is 3.47. The first-order valence-corrected chi connectivity index (χ1v) is 8.94. The van der Waals surface area contributed by atoms with Gasteiger partial charge in [0.05, 0.1) is 0 Å². The maximum atomic E-state index is 3.72. The van der Waals surface area contributed by atoms with Crippen molar-refractivity contribution in [1.29, 1.82) is 0 Å². The molecule has 0 heterocycles. The summed E-state index contributed by atoms with van der Waals surface area (Å²) in [7, 11) is 0. The summed E-state index contributed by atoms with van der Waals surface area (Å²) in [5.41, 5.74) is 0. The van der Waals surface area contributed by atoms with Crippen LogP contribution < -0.4 is 0 Å². The molecule has 0 atom stereocenters. The number of hydrogen-bond donors (Lipinski definition) is 0. The molecule has 0 aliphatic heterocycles. The first-order chi connectivity index (χ1) is 9.33. The summed E-state index contributed by atoms with van der Waals surface area (Å²) in [6, 6.07) is 0. The molecule has 0 aromatic carbocycles. The monoisotopic (exact) mass is 268 g/mol. The molecule has 0 aromatic rings. The number of rotatable bonds is 13. The molecule has 0 amide bonds. The average Bonchev–Trinajstić information content (AvgIpc) is 2.43. The summed E-state index contributed by atoms with van der Waals surface area (Å²) >= 11 is 0. The molecule has 0 spiro atoms. The van der Waals surface area contributed by atoms with Crippen LogP contribution in [0.3, 0.4) is 0 Å². The van der Waals surface area contributed by atoms with Crippen molar-refractivity contribution in [1.82, 2.24) is 0 Å². The molecular formula is C19H40. The Morgan fingerprint density at radius 1 is 0.526 bits per heavy atom. The second kappa shape index (κ2) is 22.9. The van der Waals surface area contributed by atoms with E-state index >= 15 is 0 Å². The highest BCUT2D eigenvalue weighted by molar-refractivity contribution is 4.65. The van der Waals surface area contributed by atoms with Crippen LogP contribution in [0.15, 0.2) is 12.7 Å². The molecule has 0 radical (unpaired) electrons. The topological polar surface area (TPSA) is 0 Å². The van der Waals surface area contributed by atoms with Crippen molar-refractivity contribution in [2.75, 3.05) is 0 Å². The summed E-state index contributed by atoms with van der Waals surface area (Å²) in [5.74, 6) is 0. The van der Waals surface area contributed by atoms with Crippen LogP contribution in [0.4, 0.5) is 0 Å². The van der Waals surface area contributed by atoms with E-state index in [4.69, 9.17) is 0 Å². The van der Waals surface area contributed by atoms with E-state index in [2.05, 4.69) is 27.4 Å². The standard InChI is InChI=1S/C12H24.C7H16/c1-3-5-7-9-11-12-10-8-6-4-2;1-3-5-7-6-4-2/h3H,1,4-12H2,2H3;3-7H2,1-2H3. The van der Waals surface area contributed by atoms with Crippen LogP contribution >= 0.6 is 0 Å². The number of hydrogen-bond acceptors (Lipinski definition) is 0. The van der Waals surface area contributed by atoms with E-state index in [1.54, 1.807) is 0 Å². The minimum absolute atomic E-state index is 1.20. The lowest BCUT2D eigenvalue weighted by Crippen LogP contribution is -1.79. The van der Waals surface area contributed by atoms with E-state index in [1.807, 2.05) is 6.08 Å². The highest BCUT2D eigenvalue weighted by atomic mass is 14.0. The zero-order valence-corrected chi connectivity index (χ0v) is 14.2. The fourth-order valence-corrected chi connectivity index (χ4v) is 2.10. The SMILES string of the molecule is C=CCCCCCCCCCC.CCCCCCC. The van der Waals surface area contributed by atoms with Gasteiger partial charge in [0.15, 0.2) is 0 Å². The zero-order valence-electron chi connectivity index (χ0n) is 14.2. The quantitative estimate of drug-likeness (QED) is 0.237. The second-order valence-corrected chi connectivity index (χ2v) is 5.61. The third-order valence-corrected chi connectivity index (χ3v) is 3.47. The summed E-state index contributed by atoms with van der Waals surface area (Å²) in [5, 5.41) is 0. The van der Waals surface area contributed by atoms with E-state index < -0.39 is 0 Å². The summed E-state index contributed by atoms with van der Waals surface area (Å²) in [4.78, 5) is 0. The van der Waals surface area contributed by atoms with Crippen molar-refractivity contribution >= 4 is 0 Å². The van der Waals surface area contributed by atoms with Crippen molar-refractivity contribution in [2.45, 2.75) is 111 Å². The smallest absolute Gasteiger partial charge is 0.0353 e. The molecule has 0 aliphatic carbocycles. The van der Waals surface area contributed by atoms with Crippen molar-refractivity contribution in [3.63, 3.8) is 0 Å². The van der Waals surface area contributed by atoms with Gasteiger partial charge >= 0.3 is 0 Å². The Labute approximate surface area is 124 Å². The molecule has 0 heteroatoms. The van der Waals surface area contributed by atoms with Crippen LogP contribution in [0.5, 0.6) is 0 Å². The maximum absolute atomic E-state index is 3.72. The molecule has 0 bridgehead atoms. The van der Waals surface area contributed by atoms with Gasteiger partial charge in [0.1, 0.15) is 0 Å². The maximum Gasteiger partial charge on any atom is -0.0353 e. The van der Waals surface area contributed by atoms with Gasteiger partial charge in [0.25, 0.3) is 0 Å². The van der Waals surface area contributed by atoms with Crippen LogP contribution in [0.2, 0.25) is 0 Å². The lowest BCUT2D eigenvalue weighted by molar-refractivity contribution is 0.578. The first kappa shape index (κ1) is 21.0. The van der Waals surface area contributed by atoms with Gasteiger partial charge in [-0.15, -0.1) is 6.58 Å². The molecule has 0 saturated carbocycles. The molecule has 116 valence electrons. The number of allylic oxidation sites excluding steroid dienone is 1. The van der Waals surface area contributed by atoms with Crippen molar-refractivity contribution < 1.29 is 0 Å². The van der Waals surface area contributed by atoms with Gasteiger partial charge < -0.3 is 0 Å². The van der Waals surface area contributed by atoms with Crippen LogP contribution in [0.1, 0.15) is 111 Å². The molecule has 0 saturated heterocycles. The summed E-state index contributed by atoms with van der Waals surface area (Å²) < 4.78 is 0. The largest absolute Gasteiger partial charge is 0.103 e. The lowest BCUT2D eigenvalue weighted by Gasteiger charge is -1.99. The summed E-state index contributed by atoms with van der Waals surface area (Å²) in [6.45, 7) is 10.5. The van der Waals surface area contributed by atoms with Crippen LogP contribution in [0, 0.1) is 0 Å². The van der Waals surface area contributed by atoms with Gasteiger partial charge in [-0.05, 0) is 12.8 Å². The molecule has 0 nitrogen and oxygen atoms in total. The van der Waals surface area contributed by atoms with Crippen LogP contribution in [-0.4, -0.2) is 0 Å². The molecule has 19 heavy (non-hydrogen) atoms. The van der Waals surface area contributed by atoms with E-state index in [9.17, 15) is 0 Å². The van der Waals surface area contributed by atoms with E-state index in [-0.39, 0.29) is 0 Å². The Kier molecular flexibility index (Phi) is 25.3. The van der Waals surface area contributed by atoms with Gasteiger partial charge in [0, 0.05) is 0 Å². The van der Waals surface area contributed by atoms with Crippen molar-refractivity contribution in [3.05, 3.63) is 12.7 Å². The molecule has 0 rings (SSSR count). The minimum atomic E-state index is 1.20. The van der Waals surface area contributed by atoms with Gasteiger partial charge in [-0.25, -0.2) is 0 Å². The highest BCUT2D eigenvalue weighted by Crippen LogP contribution is 2.09. The van der Waals surface area contributed by atoms with E-state index in [0.29, 0.717) is 0 Å². The van der Waals surface area contributed by atoms with Crippen molar-refractivity contribution in [3.8, 4) is 0 Å². The Bertz CT molecular complexity index is 133. The molecule has 0 fully saturated rings. The lowest BCUT2D eigenvalue weighted by atomic mass is 10.1.